The topological polar surface area (TPSA) is 87.7 Å². The first-order valence-electron chi connectivity index (χ1n) is 10.8. The molecule has 0 saturated carbocycles. The number of hydrogen-bond donors (Lipinski definition) is 2. The SMILES string of the molecule is C#CCOc1ccc2ccccc2c1/C=C1/NC(=O)N(CC(=O)Nc2ccccc2CC)C1=O. The highest BCUT2D eigenvalue weighted by Gasteiger charge is 2.35. The van der Waals surface area contributed by atoms with E-state index in [0.717, 1.165) is 27.7 Å². The number of urea groups is 1. The number of ether oxygens (including phenoxy) is 1. The third-order valence-corrected chi connectivity index (χ3v) is 5.47. The molecule has 0 atom stereocenters. The molecule has 1 saturated heterocycles. The van der Waals surface area contributed by atoms with E-state index in [1.54, 1.807) is 18.2 Å². The fourth-order valence-electron chi connectivity index (χ4n) is 3.81. The van der Waals surface area contributed by atoms with E-state index in [4.69, 9.17) is 11.2 Å². The summed E-state index contributed by atoms with van der Waals surface area (Å²) in [6, 6.07) is 18.0. The molecule has 7 nitrogen and oxygen atoms in total. The highest BCUT2D eigenvalue weighted by atomic mass is 16.5. The average molecular weight is 453 g/mol. The number of carbonyl (C=O) groups excluding carboxylic acids is 3. The quantitative estimate of drug-likeness (QED) is 0.322. The number of nitrogens with one attached hydrogen (secondary N) is 2. The number of benzene rings is 3. The number of nitrogens with zero attached hydrogens (tertiary/aromatic N) is 1. The molecule has 0 spiro atoms. The second kappa shape index (κ2) is 9.92. The van der Waals surface area contributed by atoms with Gasteiger partial charge in [-0.1, -0.05) is 61.4 Å². The van der Waals surface area contributed by atoms with E-state index < -0.39 is 24.4 Å². The first-order valence-corrected chi connectivity index (χ1v) is 10.8. The van der Waals surface area contributed by atoms with Crippen molar-refractivity contribution in [3.63, 3.8) is 0 Å². The number of fused-ring (bicyclic) bond motifs is 1. The largest absolute Gasteiger partial charge is 0.480 e. The van der Waals surface area contributed by atoms with Crippen LogP contribution >= 0.6 is 0 Å². The Balaban J connectivity index is 1.59. The summed E-state index contributed by atoms with van der Waals surface area (Å²) in [5, 5.41) is 7.11. The fraction of sp³-hybridized carbons (Fsp3) is 0.148. The van der Waals surface area contributed by atoms with Gasteiger partial charge in [-0.05, 0) is 41.0 Å². The number of terminal acetylenes is 1. The number of anilines is 1. The van der Waals surface area contributed by atoms with Crippen molar-refractivity contribution in [2.24, 2.45) is 0 Å². The van der Waals surface area contributed by atoms with Crippen molar-refractivity contribution in [2.75, 3.05) is 18.5 Å². The molecule has 34 heavy (non-hydrogen) atoms. The number of hydrogen-bond acceptors (Lipinski definition) is 4. The summed E-state index contributed by atoms with van der Waals surface area (Å²) in [4.78, 5) is 39.0. The summed E-state index contributed by atoms with van der Waals surface area (Å²) in [5.41, 5.74) is 2.28. The van der Waals surface area contributed by atoms with E-state index in [-0.39, 0.29) is 12.3 Å². The Labute approximate surface area is 197 Å². The van der Waals surface area contributed by atoms with Crippen LogP contribution in [0.5, 0.6) is 5.75 Å². The van der Waals surface area contributed by atoms with Gasteiger partial charge in [-0.15, -0.1) is 6.42 Å². The fourth-order valence-corrected chi connectivity index (χ4v) is 3.81. The number of rotatable bonds is 7. The van der Waals surface area contributed by atoms with Crippen molar-refractivity contribution in [1.29, 1.82) is 0 Å². The summed E-state index contributed by atoms with van der Waals surface area (Å²) in [5.74, 6) is 1.85. The number of amides is 4. The summed E-state index contributed by atoms with van der Waals surface area (Å²) in [6.07, 6.45) is 7.63. The van der Waals surface area contributed by atoms with Crippen molar-refractivity contribution in [2.45, 2.75) is 13.3 Å². The molecule has 1 aliphatic heterocycles. The van der Waals surface area contributed by atoms with Crippen LogP contribution in [-0.4, -0.2) is 35.9 Å². The third-order valence-electron chi connectivity index (χ3n) is 5.47. The van der Waals surface area contributed by atoms with E-state index in [2.05, 4.69) is 16.6 Å². The molecule has 0 bridgehead atoms. The van der Waals surface area contributed by atoms with E-state index in [1.807, 2.05) is 55.5 Å². The standard InChI is InChI=1S/C27H23N3O4/c1-3-15-34-24-14-13-19-10-5-7-11-20(19)21(24)16-23-26(32)30(27(33)29-23)17-25(31)28-22-12-8-6-9-18(22)4-2/h1,5-14,16H,4,15,17H2,2H3,(H,28,31)(H,29,33)/b23-16+. The van der Waals surface area contributed by atoms with Crippen molar-refractivity contribution < 1.29 is 19.1 Å². The minimum atomic E-state index is -0.665. The monoisotopic (exact) mass is 453 g/mol. The van der Waals surface area contributed by atoms with Gasteiger partial charge in [0.05, 0.1) is 0 Å². The number of imide groups is 1. The van der Waals surface area contributed by atoms with Gasteiger partial charge in [-0.3, -0.25) is 9.59 Å². The maximum atomic E-state index is 13.0. The summed E-state index contributed by atoms with van der Waals surface area (Å²) < 4.78 is 5.66. The Morgan fingerprint density at radius 3 is 2.68 bits per heavy atom. The lowest BCUT2D eigenvalue weighted by Gasteiger charge is -2.14. The smallest absolute Gasteiger partial charge is 0.329 e. The predicted molar refractivity (Wildman–Crippen MR) is 131 cm³/mol. The molecule has 170 valence electrons. The predicted octanol–water partition coefficient (Wildman–Crippen LogP) is 3.95. The molecular weight excluding hydrogens is 430 g/mol. The first-order chi connectivity index (χ1) is 16.5. The molecule has 2 N–H and O–H groups in total. The molecule has 3 aromatic rings. The molecule has 0 aliphatic carbocycles. The van der Waals surface area contributed by atoms with Crippen LogP contribution in [0.4, 0.5) is 10.5 Å². The highest BCUT2D eigenvalue weighted by molar-refractivity contribution is 6.16. The van der Waals surface area contributed by atoms with Crippen LogP contribution in [0.25, 0.3) is 16.8 Å². The van der Waals surface area contributed by atoms with Gasteiger partial charge >= 0.3 is 6.03 Å². The maximum Gasteiger partial charge on any atom is 0.329 e. The van der Waals surface area contributed by atoms with Gasteiger partial charge in [-0.25, -0.2) is 9.69 Å². The molecule has 1 fully saturated rings. The Morgan fingerprint density at radius 1 is 1.12 bits per heavy atom. The van der Waals surface area contributed by atoms with Gasteiger partial charge < -0.3 is 15.4 Å². The zero-order valence-electron chi connectivity index (χ0n) is 18.6. The Bertz CT molecular complexity index is 1350. The van der Waals surface area contributed by atoms with Gasteiger partial charge in [0.15, 0.2) is 0 Å². The van der Waals surface area contributed by atoms with E-state index >= 15 is 0 Å². The molecule has 1 heterocycles. The first kappa shape index (κ1) is 22.6. The van der Waals surface area contributed by atoms with Crippen molar-refractivity contribution in [3.05, 3.63) is 77.5 Å². The average Bonchev–Trinajstić information content (AvgIpc) is 3.11. The van der Waals surface area contributed by atoms with Crippen LogP contribution in [0, 0.1) is 12.3 Å². The molecule has 4 rings (SSSR count). The van der Waals surface area contributed by atoms with Crippen LogP contribution in [0.15, 0.2) is 66.4 Å². The Morgan fingerprint density at radius 2 is 1.88 bits per heavy atom. The lowest BCUT2D eigenvalue weighted by atomic mass is 10.0. The van der Waals surface area contributed by atoms with Crippen molar-refractivity contribution in [3.8, 4) is 18.1 Å². The van der Waals surface area contributed by atoms with E-state index in [9.17, 15) is 14.4 Å². The molecule has 7 heteroatoms. The van der Waals surface area contributed by atoms with Crippen LogP contribution in [0.1, 0.15) is 18.1 Å². The molecule has 3 aromatic carbocycles. The molecule has 0 aromatic heterocycles. The summed E-state index contributed by atoms with van der Waals surface area (Å²) in [6.45, 7) is 1.63. The van der Waals surface area contributed by atoms with Crippen LogP contribution < -0.4 is 15.4 Å². The van der Waals surface area contributed by atoms with Crippen LogP contribution in [0.2, 0.25) is 0 Å². The zero-order valence-corrected chi connectivity index (χ0v) is 18.6. The molecule has 0 radical (unpaired) electrons. The zero-order chi connectivity index (χ0) is 24.1. The number of aryl methyl sites for hydroxylation is 1. The molecule has 4 amide bonds. The molecule has 0 unspecified atom stereocenters. The summed E-state index contributed by atoms with van der Waals surface area (Å²) >= 11 is 0. The van der Waals surface area contributed by atoms with Gasteiger partial charge in [0.1, 0.15) is 24.6 Å². The Kier molecular flexibility index (Phi) is 6.60. The van der Waals surface area contributed by atoms with E-state index in [1.165, 1.54) is 0 Å². The maximum absolute atomic E-state index is 13.0. The normalized spacial score (nSPS) is 14.2. The van der Waals surface area contributed by atoms with Crippen molar-refractivity contribution >= 4 is 40.4 Å². The van der Waals surface area contributed by atoms with Gasteiger partial charge in [-0.2, -0.15) is 0 Å². The van der Waals surface area contributed by atoms with Crippen LogP contribution in [0.3, 0.4) is 0 Å². The second-order valence-corrected chi connectivity index (χ2v) is 7.63. The lowest BCUT2D eigenvalue weighted by Crippen LogP contribution is -2.38. The highest BCUT2D eigenvalue weighted by Crippen LogP contribution is 2.31. The molecule has 1 aliphatic rings. The van der Waals surface area contributed by atoms with Gasteiger partial charge in [0, 0.05) is 11.3 Å². The minimum Gasteiger partial charge on any atom is -0.480 e. The van der Waals surface area contributed by atoms with E-state index in [0.29, 0.717) is 17.0 Å². The van der Waals surface area contributed by atoms with Crippen molar-refractivity contribution in [1.82, 2.24) is 10.2 Å². The van der Waals surface area contributed by atoms with Crippen LogP contribution in [-0.2, 0) is 16.0 Å². The Hall–Kier alpha value is -4.57. The summed E-state index contributed by atoms with van der Waals surface area (Å²) in [7, 11) is 0. The number of carbonyl (C=O) groups is 3. The van der Waals surface area contributed by atoms with Gasteiger partial charge in [0.25, 0.3) is 5.91 Å². The van der Waals surface area contributed by atoms with Gasteiger partial charge in [0.2, 0.25) is 5.91 Å². The third kappa shape index (κ3) is 4.62. The number of para-hydroxylation sites is 1. The second-order valence-electron chi connectivity index (χ2n) is 7.63. The lowest BCUT2D eigenvalue weighted by molar-refractivity contribution is -0.127. The minimum absolute atomic E-state index is 0.0497. The molecular formula is C27H23N3O4.